The molecule has 0 saturated carbocycles. The van der Waals surface area contributed by atoms with Crippen molar-refractivity contribution in [1.29, 1.82) is 0 Å². The standard InChI is InChI=1S/C17H16Cl2N2O4/c1-2-24-14-8-13(18)16(19)12(17(14)23)9-20-21-15(22)10-25-11-6-4-3-5-7-11/h3-9,23H,2,10H2,1H3,(H,21,22)/b20-9-. The molecule has 0 fully saturated rings. The summed E-state index contributed by atoms with van der Waals surface area (Å²) < 4.78 is 10.6. The summed E-state index contributed by atoms with van der Waals surface area (Å²) in [5.41, 5.74) is 2.42. The first-order valence-corrected chi connectivity index (χ1v) is 8.12. The largest absolute Gasteiger partial charge is 0.504 e. The highest BCUT2D eigenvalue weighted by atomic mass is 35.5. The van der Waals surface area contributed by atoms with Gasteiger partial charge >= 0.3 is 0 Å². The maximum atomic E-state index is 11.7. The van der Waals surface area contributed by atoms with Gasteiger partial charge in [0.15, 0.2) is 18.1 Å². The molecule has 0 aliphatic carbocycles. The summed E-state index contributed by atoms with van der Waals surface area (Å²) in [4.78, 5) is 11.7. The Hall–Kier alpha value is -2.44. The minimum Gasteiger partial charge on any atom is -0.504 e. The van der Waals surface area contributed by atoms with Gasteiger partial charge in [-0.3, -0.25) is 4.79 Å². The average molecular weight is 383 g/mol. The van der Waals surface area contributed by atoms with Gasteiger partial charge in [0.2, 0.25) is 0 Å². The highest BCUT2D eigenvalue weighted by Crippen LogP contribution is 2.39. The van der Waals surface area contributed by atoms with E-state index in [-0.39, 0.29) is 33.7 Å². The third kappa shape index (κ3) is 5.27. The smallest absolute Gasteiger partial charge is 0.277 e. The number of nitrogens with zero attached hydrogens (tertiary/aromatic N) is 1. The molecule has 0 saturated heterocycles. The van der Waals surface area contributed by atoms with Crippen LogP contribution < -0.4 is 14.9 Å². The monoisotopic (exact) mass is 382 g/mol. The molecule has 25 heavy (non-hydrogen) atoms. The fourth-order valence-corrected chi connectivity index (χ4v) is 2.26. The number of hydrogen-bond donors (Lipinski definition) is 2. The Kier molecular flexibility index (Phi) is 6.91. The molecule has 6 nitrogen and oxygen atoms in total. The minimum absolute atomic E-state index is 0.0983. The lowest BCUT2D eigenvalue weighted by Gasteiger charge is -2.10. The predicted octanol–water partition coefficient (Wildman–Crippen LogP) is 3.63. The highest BCUT2D eigenvalue weighted by molar-refractivity contribution is 6.43. The lowest BCUT2D eigenvalue weighted by atomic mass is 10.2. The SMILES string of the molecule is CCOc1cc(Cl)c(Cl)c(/C=N\NC(=O)COc2ccccc2)c1O. The maximum absolute atomic E-state index is 11.7. The zero-order valence-corrected chi connectivity index (χ0v) is 14.8. The van der Waals surface area contributed by atoms with Crippen molar-refractivity contribution in [3.63, 3.8) is 0 Å². The van der Waals surface area contributed by atoms with E-state index >= 15 is 0 Å². The molecule has 132 valence electrons. The van der Waals surface area contributed by atoms with Crippen LogP contribution >= 0.6 is 23.2 Å². The molecule has 0 bridgehead atoms. The number of rotatable bonds is 7. The molecule has 0 spiro atoms. The molecule has 0 radical (unpaired) electrons. The summed E-state index contributed by atoms with van der Waals surface area (Å²) in [6.07, 6.45) is 1.19. The second kappa shape index (κ2) is 9.15. The van der Waals surface area contributed by atoms with Crippen LogP contribution in [0.4, 0.5) is 0 Å². The number of carbonyl (C=O) groups is 1. The van der Waals surface area contributed by atoms with Gasteiger partial charge in [0, 0.05) is 6.07 Å². The number of ether oxygens (including phenoxy) is 2. The number of phenolic OH excluding ortho intramolecular Hbond substituents is 1. The van der Waals surface area contributed by atoms with Crippen LogP contribution in [0.25, 0.3) is 0 Å². The van der Waals surface area contributed by atoms with Crippen molar-refractivity contribution < 1.29 is 19.4 Å². The first-order valence-electron chi connectivity index (χ1n) is 7.36. The fourth-order valence-electron chi connectivity index (χ4n) is 1.86. The Balaban J connectivity index is 2.00. The van der Waals surface area contributed by atoms with Gasteiger partial charge in [0.05, 0.1) is 28.4 Å². The number of nitrogens with one attached hydrogen (secondary N) is 1. The summed E-state index contributed by atoms with van der Waals surface area (Å²) in [5.74, 6) is 0.0631. The molecule has 0 atom stereocenters. The molecular weight excluding hydrogens is 367 g/mol. The highest BCUT2D eigenvalue weighted by Gasteiger charge is 2.15. The number of phenols is 1. The van der Waals surface area contributed by atoms with E-state index < -0.39 is 5.91 Å². The zero-order chi connectivity index (χ0) is 18.2. The van der Waals surface area contributed by atoms with E-state index in [9.17, 15) is 9.90 Å². The zero-order valence-electron chi connectivity index (χ0n) is 13.3. The Labute approximate surface area is 155 Å². The first kappa shape index (κ1) is 18.9. The van der Waals surface area contributed by atoms with Gasteiger partial charge < -0.3 is 14.6 Å². The lowest BCUT2D eigenvalue weighted by Crippen LogP contribution is -2.24. The Morgan fingerprint density at radius 1 is 1.28 bits per heavy atom. The van der Waals surface area contributed by atoms with Crippen molar-refractivity contribution in [2.45, 2.75) is 6.92 Å². The number of amides is 1. The summed E-state index contributed by atoms with van der Waals surface area (Å²) >= 11 is 12.0. The molecule has 8 heteroatoms. The van der Waals surface area contributed by atoms with Gasteiger partial charge in [-0.25, -0.2) is 5.43 Å². The Morgan fingerprint density at radius 2 is 2.00 bits per heavy atom. The summed E-state index contributed by atoms with van der Waals surface area (Å²) in [7, 11) is 0. The number of halogens is 2. The van der Waals surface area contributed by atoms with Crippen LogP contribution in [0.3, 0.4) is 0 Å². The van der Waals surface area contributed by atoms with Crippen LogP contribution in [0.2, 0.25) is 10.0 Å². The van der Waals surface area contributed by atoms with Crippen LogP contribution in [0.15, 0.2) is 41.5 Å². The third-order valence-corrected chi connectivity index (χ3v) is 3.79. The van der Waals surface area contributed by atoms with Crippen molar-refractivity contribution in [3.8, 4) is 17.2 Å². The van der Waals surface area contributed by atoms with Gasteiger partial charge in [-0.15, -0.1) is 0 Å². The number of carbonyl (C=O) groups excluding carboxylic acids is 1. The predicted molar refractivity (Wildman–Crippen MR) is 97.0 cm³/mol. The molecule has 1 amide bonds. The summed E-state index contributed by atoms with van der Waals surface area (Å²) in [6, 6.07) is 10.3. The Bertz CT molecular complexity index is 767. The number of para-hydroxylation sites is 1. The third-order valence-electron chi connectivity index (χ3n) is 2.99. The van der Waals surface area contributed by atoms with Gasteiger partial charge in [-0.05, 0) is 19.1 Å². The van der Waals surface area contributed by atoms with E-state index in [1.807, 2.05) is 6.07 Å². The van der Waals surface area contributed by atoms with Crippen LogP contribution in [0.5, 0.6) is 17.2 Å². The van der Waals surface area contributed by atoms with Crippen LogP contribution in [-0.2, 0) is 4.79 Å². The van der Waals surface area contributed by atoms with Gasteiger partial charge in [0.25, 0.3) is 5.91 Å². The van der Waals surface area contributed by atoms with E-state index in [2.05, 4.69) is 10.5 Å². The maximum Gasteiger partial charge on any atom is 0.277 e. The number of aromatic hydroxyl groups is 1. The van der Waals surface area contributed by atoms with Crippen molar-refractivity contribution in [2.75, 3.05) is 13.2 Å². The molecule has 0 aromatic heterocycles. The first-order chi connectivity index (χ1) is 12.0. The number of hydrogen-bond acceptors (Lipinski definition) is 5. The minimum atomic E-state index is -0.470. The lowest BCUT2D eigenvalue weighted by molar-refractivity contribution is -0.123. The van der Waals surface area contributed by atoms with E-state index in [0.717, 1.165) is 0 Å². The Morgan fingerprint density at radius 3 is 2.68 bits per heavy atom. The molecule has 2 rings (SSSR count). The summed E-state index contributed by atoms with van der Waals surface area (Å²) in [5, 5.41) is 14.2. The molecule has 0 aliphatic heterocycles. The fraction of sp³-hybridized carbons (Fsp3) is 0.176. The van der Waals surface area contributed by atoms with Crippen molar-refractivity contribution >= 4 is 35.3 Å². The van der Waals surface area contributed by atoms with Crippen LogP contribution in [0, 0.1) is 0 Å². The second-order valence-electron chi connectivity index (χ2n) is 4.76. The van der Waals surface area contributed by atoms with E-state index in [0.29, 0.717) is 12.4 Å². The van der Waals surface area contributed by atoms with Crippen LogP contribution in [-0.4, -0.2) is 30.4 Å². The second-order valence-corrected chi connectivity index (χ2v) is 5.55. The topological polar surface area (TPSA) is 80.2 Å². The average Bonchev–Trinajstić information content (AvgIpc) is 2.62. The summed E-state index contributed by atoms with van der Waals surface area (Å²) in [6.45, 7) is 1.90. The molecule has 2 aromatic rings. The molecule has 2 aromatic carbocycles. The molecular formula is C17H16Cl2N2O4. The molecule has 0 unspecified atom stereocenters. The van der Waals surface area contributed by atoms with Gasteiger partial charge in [-0.2, -0.15) is 5.10 Å². The van der Waals surface area contributed by atoms with E-state index in [4.69, 9.17) is 32.7 Å². The van der Waals surface area contributed by atoms with Gasteiger partial charge in [-0.1, -0.05) is 41.4 Å². The van der Waals surface area contributed by atoms with Gasteiger partial charge in [0.1, 0.15) is 5.75 Å². The molecule has 0 aliphatic rings. The number of hydrazone groups is 1. The molecule has 0 heterocycles. The quantitative estimate of drug-likeness (QED) is 0.565. The normalized spacial score (nSPS) is 10.7. The van der Waals surface area contributed by atoms with E-state index in [1.54, 1.807) is 31.2 Å². The molecule has 2 N–H and O–H groups in total. The number of benzene rings is 2. The van der Waals surface area contributed by atoms with Crippen molar-refractivity contribution in [1.82, 2.24) is 5.43 Å². The van der Waals surface area contributed by atoms with Crippen LogP contribution in [0.1, 0.15) is 12.5 Å². The van der Waals surface area contributed by atoms with E-state index in [1.165, 1.54) is 12.3 Å². The van der Waals surface area contributed by atoms with Crippen molar-refractivity contribution in [3.05, 3.63) is 52.0 Å². The van der Waals surface area contributed by atoms with Crippen molar-refractivity contribution in [2.24, 2.45) is 5.10 Å².